The molecule has 4 heteroatoms. The van der Waals surface area contributed by atoms with Crippen LogP contribution in [0.2, 0.25) is 0 Å². The van der Waals surface area contributed by atoms with E-state index in [9.17, 15) is 0 Å². The van der Waals surface area contributed by atoms with Crippen LogP contribution in [0, 0.1) is 0 Å². The predicted molar refractivity (Wildman–Crippen MR) is 86.7 cm³/mol. The summed E-state index contributed by atoms with van der Waals surface area (Å²) in [5.74, 6) is 1.69. The van der Waals surface area contributed by atoms with Gasteiger partial charge >= 0.3 is 0 Å². The number of halogens is 1. The lowest BCUT2D eigenvalue weighted by atomic mass is 10.1. The van der Waals surface area contributed by atoms with Gasteiger partial charge in [-0.25, -0.2) is 4.98 Å². The van der Waals surface area contributed by atoms with Crippen LogP contribution in [-0.4, -0.2) is 42.6 Å². The van der Waals surface area contributed by atoms with Crippen molar-refractivity contribution in [3.63, 3.8) is 0 Å². The molecule has 1 aliphatic heterocycles. The summed E-state index contributed by atoms with van der Waals surface area (Å²) in [5, 5.41) is 0. The molecule has 1 aromatic rings. The highest BCUT2D eigenvalue weighted by Gasteiger charge is 2.18. The van der Waals surface area contributed by atoms with Crippen LogP contribution in [0.5, 0.6) is 0 Å². The molecule has 1 saturated heterocycles. The molecule has 112 valence electrons. The second-order valence-electron chi connectivity index (χ2n) is 5.54. The Morgan fingerprint density at radius 2 is 1.85 bits per heavy atom. The van der Waals surface area contributed by atoms with Crippen LogP contribution in [0.25, 0.3) is 0 Å². The number of pyridine rings is 1. The van der Waals surface area contributed by atoms with Gasteiger partial charge in [0.2, 0.25) is 0 Å². The lowest BCUT2D eigenvalue weighted by Crippen LogP contribution is -2.46. The first-order valence-corrected chi connectivity index (χ1v) is 8.33. The van der Waals surface area contributed by atoms with Crippen molar-refractivity contribution in [3.8, 4) is 0 Å². The molecule has 0 saturated carbocycles. The summed E-state index contributed by atoms with van der Waals surface area (Å²) in [6.45, 7) is 10.1. The summed E-state index contributed by atoms with van der Waals surface area (Å²) >= 11 is 6.02. The van der Waals surface area contributed by atoms with E-state index in [1.54, 1.807) is 0 Å². The standard InChI is InChI=1S/C16H26ClN3/c1-3-5-15-11-14(13-17)12-16(18-15)20-9-7-19(6-4-2)8-10-20/h11-12H,3-10,13H2,1-2H3. The number of piperazine rings is 1. The molecule has 0 bridgehead atoms. The van der Waals surface area contributed by atoms with Crippen LogP contribution in [0.1, 0.15) is 37.9 Å². The van der Waals surface area contributed by atoms with Crippen LogP contribution >= 0.6 is 11.6 Å². The molecular formula is C16H26ClN3. The van der Waals surface area contributed by atoms with E-state index < -0.39 is 0 Å². The molecule has 0 N–H and O–H groups in total. The maximum atomic E-state index is 6.02. The molecule has 0 aliphatic carbocycles. The molecule has 3 nitrogen and oxygen atoms in total. The molecule has 1 aromatic heterocycles. The number of rotatable bonds is 6. The fourth-order valence-corrected chi connectivity index (χ4v) is 2.93. The van der Waals surface area contributed by atoms with Gasteiger partial charge in [-0.2, -0.15) is 0 Å². The molecule has 2 rings (SSSR count). The van der Waals surface area contributed by atoms with E-state index in [1.807, 2.05) is 0 Å². The summed E-state index contributed by atoms with van der Waals surface area (Å²) in [6.07, 6.45) is 3.40. The highest BCUT2D eigenvalue weighted by molar-refractivity contribution is 6.17. The van der Waals surface area contributed by atoms with E-state index in [4.69, 9.17) is 16.6 Å². The minimum absolute atomic E-state index is 0.571. The third kappa shape index (κ3) is 4.10. The summed E-state index contributed by atoms with van der Waals surface area (Å²) in [4.78, 5) is 9.76. The Morgan fingerprint density at radius 3 is 2.45 bits per heavy atom. The van der Waals surface area contributed by atoms with Gasteiger partial charge in [-0.15, -0.1) is 11.6 Å². The molecule has 0 aromatic carbocycles. The predicted octanol–water partition coefficient (Wildman–Crippen LogP) is 3.30. The van der Waals surface area contributed by atoms with Crippen LogP contribution < -0.4 is 4.90 Å². The number of aryl methyl sites for hydroxylation is 1. The number of hydrogen-bond acceptors (Lipinski definition) is 3. The second-order valence-corrected chi connectivity index (χ2v) is 5.80. The first-order chi connectivity index (χ1) is 9.76. The van der Waals surface area contributed by atoms with Crippen molar-refractivity contribution < 1.29 is 0 Å². The van der Waals surface area contributed by atoms with Gasteiger partial charge in [0.05, 0.1) is 0 Å². The van der Waals surface area contributed by atoms with Gasteiger partial charge in [-0.3, -0.25) is 4.90 Å². The van der Waals surface area contributed by atoms with E-state index in [0.717, 1.165) is 44.8 Å². The average molecular weight is 296 g/mol. The largest absolute Gasteiger partial charge is 0.354 e. The van der Waals surface area contributed by atoms with Crippen LogP contribution in [0.15, 0.2) is 12.1 Å². The monoisotopic (exact) mass is 295 g/mol. The number of aromatic nitrogens is 1. The van der Waals surface area contributed by atoms with Crippen molar-refractivity contribution in [2.75, 3.05) is 37.6 Å². The van der Waals surface area contributed by atoms with Crippen molar-refractivity contribution in [1.29, 1.82) is 0 Å². The zero-order valence-corrected chi connectivity index (χ0v) is 13.5. The molecule has 0 unspecified atom stereocenters. The highest BCUT2D eigenvalue weighted by Crippen LogP contribution is 2.19. The van der Waals surface area contributed by atoms with Crippen molar-refractivity contribution >= 4 is 17.4 Å². The first-order valence-electron chi connectivity index (χ1n) is 7.80. The van der Waals surface area contributed by atoms with Gasteiger partial charge in [-0.1, -0.05) is 20.3 Å². The van der Waals surface area contributed by atoms with E-state index >= 15 is 0 Å². The number of alkyl halides is 1. The molecule has 0 amide bonds. The Kier molecular flexibility index (Phi) is 6.11. The lowest BCUT2D eigenvalue weighted by Gasteiger charge is -2.35. The van der Waals surface area contributed by atoms with Crippen molar-refractivity contribution in [1.82, 2.24) is 9.88 Å². The Labute approximate surface area is 127 Å². The average Bonchev–Trinajstić information content (AvgIpc) is 2.48. The summed E-state index contributed by atoms with van der Waals surface area (Å²) in [6, 6.07) is 4.30. The second kappa shape index (κ2) is 7.84. The van der Waals surface area contributed by atoms with E-state index in [1.165, 1.54) is 24.2 Å². The number of hydrogen-bond donors (Lipinski definition) is 0. The Bertz CT molecular complexity index is 414. The van der Waals surface area contributed by atoms with E-state index in [-0.39, 0.29) is 0 Å². The summed E-state index contributed by atoms with van der Waals surface area (Å²) < 4.78 is 0. The first kappa shape index (κ1) is 15.6. The van der Waals surface area contributed by atoms with Crippen LogP contribution in [-0.2, 0) is 12.3 Å². The van der Waals surface area contributed by atoms with Gasteiger partial charge in [0.1, 0.15) is 5.82 Å². The smallest absolute Gasteiger partial charge is 0.129 e. The maximum absolute atomic E-state index is 6.02. The van der Waals surface area contributed by atoms with Crippen molar-refractivity contribution in [2.45, 2.75) is 39.0 Å². The third-order valence-electron chi connectivity index (χ3n) is 3.82. The fourth-order valence-electron chi connectivity index (χ4n) is 2.77. The summed E-state index contributed by atoms with van der Waals surface area (Å²) in [5.41, 5.74) is 2.37. The normalized spacial score (nSPS) is 16.6. The van der Waals surface area contributed by atoms with Gasteiger partial charge in [0.25, 0.3) is 0 Å². The molecular weight excluding hydrogens is 270 g/mol. The number of nitrogens with zero attached hydrogens (tertiary/aromatic N) is 3. The van der Waals surface area contributed by atoms with Crippen LogP contribution in [0.3, 0.4) is 0 Å². The lowest BCUT2D eigenvalue weighted by molar-refractivity contribution is 0.258. The minimum Gasteiger partial charge on any atom is -0.354 e. The fraction of sp³-hybridized carbons (Fsp3) is 0.688. The van der Waals surface area contributed by atoms with Crippen LogP contribution in [0.4, 0.5) is 5.82 Å². The number of anilines is 1. The SMILES string of the molecule is CCCc1cc(CCl)cc(N2CCN(CCC)CC2)n1. The molecule has 1 fully saturated rings. The third-order valence-corrected chi connectivity index (χ3v) is 4.13. The minimum atomic E-state index is 0.571. The maximum Gasteiger partial charge on any atom is 0.129 e. The Balaban J connectivity index is 2.06. The van der Waals surface area contributed by atoms with E-state index in [0.29, 0.717) is 5.88 Å². The Hall–Kier alpha value is -0.800. The molecule has 20 heavy (non-hydrogen) atoms. The topological polar surface area (TPSA) is 19.4 Å². The van der Waals surface area contributed by atoms with Gasteiger partial charge in [-0.05, 0) is 37.1 Å². The van der Waals surface area contributed by atoms with E-state index in [2.05, 4.69) is 35.8 Å². The van der Waals surface area contributed by atoms with Crippen molar-refractivity contribution in [3.05, 3.63) is 23.4 Å². The molecule has 0 atom stereocenters. The van der Waals surface area contributed by atoms with Gasteiger partial charge < -0.3 is 4.90 Å². The zero-order chi connectivity index (χ0) is 14.4. The molecule has 2 heterocycles. The summed E-state index contributed by atoms with van der Waals surface area (Å²) in [7, 11) is 0. The quantitative estimate of drug-likeness (QED) is 0.751. The highest BCUT2D eigenvalue weighted by atomic mass is 35.5. The molecule has 1 aliphatic rings. The van der Waals surface area contributed by atoms with Gasteiger partial charge in [0, 0.05) is 37.8 Å². The van der Waals surface area contributed by atoms with Gasteiger partial charge in [0.15, 0.2) is 0 Å². The molecule has 0 radical (unpaired) electrons. The Morgan fingerprint density at radius 1 is 1.10 bits per heavy atom. The molecule has 0 spiro atoms. The zero-order valence-electron chi connectivity index (χ0n) is 12.7. The van der Waals surface area contributed by atoms with Crippen molar-refractivity contribution in [2.24, 2.45) is 0 Å².